The predicted octanol–water partition coefficient (Wildman–Crippen LogP) is 4.32. The second-order valence-electron chi connectivity index (χ2n) is 4.80. The first-order valence-corrected chi connectivity index (χ1v) is 7.26. The van der Waals surface area contributed by atoms with Crippen molar-refractivity contribution in [1.29, 1.82) is 0 Å². The van der Waals surface area contributed by atoms with Crippen LogP contribution >= 0.6 is 15.9 Å². The maximum atomic E-state index is 11.3. The number of aromatic nitrogens is 2. The second-order valence-corrected chi connectivity index (χ2v) is 5.72. The fraction of sp³-hybridized carbons (Fsp3) is 0.125. The summed E-state index contributed by atoms with van der Waals surface area (Å²) in [5.74, 6) is 1.56. The molecular formula is C16H13BrN2O2. The molecule has 0 aliphatic heterocycles. The first kappa shape index (κ1) is 13.8. The maximum absolute atomic E-state index is 11.3. The summed E-state index contributed by atoms with van der Waals surface area (Å²) in [6, 6.07) is 9.64. The number of aldehydes is 1. The number of carbonyl (C=O) groups excluding carboxylic acids is 1. The van der Waals surface area contributed by atoms with E-state index in [1.165, 1.54) is 0 Å². The SMILES string of the molecule is Cc1cc(-c2nn(-c3cccc(Br)c3)cc2C=O)c(C)o1. The molecule has 3 aromatic rings. The molecule has 3 rings (SSSR count). The molecule has 106 valence electrons. The number of hydrogen-bond acceptors (Lipinski definition) is 3. The fourth-order valence-corrected chi connectivity index (χ4v) is 2.69. The van der Waals surface area contributed by atoms with E-state index in [0.29, 0.717) is 11.3 Å². The van der Waals surface area contributed by atoms with E-state index in [9.17, 15) is 4.79 Å². The summed E-state index contributed by atoms with van der Waals surface area (Å²) >= 11 is 3.44. The highest BCUT2D eigenvalue weighted by Crippen LogP contribution is 2.28. The Labute approximate surface area is 130 Å². The monoisotopic (exact) mass is 344 g/mol. The number of furan rings is 1. The summed E-state index contributed by atoms with van der Waals surface area (Å²) < 4.78 is 8.19. The number of halogens is 1. The number of carbonyl (C=O) groups is 1. The van der Waals surface area contributed by atoms with Crippen LogP contribution in [0, 0.1) is 13.8 Å². The molecule has 0 unspecified atom stereocenters. The number of rotatable bonds is 3. The van der Waals surface area contributed by atoms with E-state index in [-0.39, 0.29) is 0 Å². The minimum Gasteiger partial charge on any atom is -0.466 e. The van der Waals surface area contributed by atoms with Gasteiger partial charge in [0, 0.05) is 16.2 Å². The first-order valence-electron chi connectivity index (χ1n) is 6.46. The molecule has 0 fully saturated rings. The number of nitrogens with zero attached hydrogens (tertiary/aromatic N) is 2. The predicted molar refractivity (Wildman–Crippen MR) is 83.8 cm³/mol. The van der Waals surface area contributed by atoms with Crippen molar-refractivity contribution < 1.29 is 9.21 Å². The molecule has 0 saturated heterocycles. The Morgan fingerprint density at radius 1 is 1.29 bits per heavy atom. The van der Waals surface area contributed by atoms with Crippen LogP contribution in [0.5, 0.6) is 0 Å². The molecule has 2 aromatic heterocycles. The Bertz CT molecular complexity index is 818. The van der Waals surface area contributed by atoms with Crippen molar-refractivity contribution in [2.24, 2.45) is 0 Å². The number of hydrogen-bond donors (Lipinski definition) is 0. The molecule has 0 N–H and O–H groups in total. The number of benzene rings is 1. The molecule has 21 heavy (non-hydrogen) atoms. The van der Waals surface area contributed by atoms with Crippen molar-refractivity contribution in [3.63, 3.8) is 0 Å². The summed E-state index contributed by atoms with van der Waals surface area (Å²) in [6.45, 7) is 3.75. The van der Waals surface area contributed by atoms with Gasteiger partial charge < -0.3 is 4.42 Å². The Balaban J connectivity index is 2.15. The lowest BCUT2D eigenvalue weighted by molar-refractivity contribution is 0.112. The Morgan fingerprint density at radius 3 is 2.71 bits per heavy atom. The highest BCUT2D eigenvalue weighted by molar-refractivity contribution is 9.10. The zero-order valence-electron chi connectivity index (χ0n) is 11.6. The average molecular weight is 345 g/mol. The van der Waals surface area contributed by atoms with Crippen molar-refractivity contribution in [1.82, 2.24) is 9.78 Å². The van der Waals surface area contributed by atoms with E-state index in [4.69, 9.17) is 4.42 Å². The lowest BCUT2D eigenvalue weighted by atomic mass is 10.1. The zero-order chi connectivity index (χ0) is 15.0. The molecule has 0 amide bonds. The minimum atomic E-state index is 0.541. The highest BCUT2D eigenvalue weighted by Gasteiger charge is 2.16. The molecule has 0 spiro atoms. The van der Waals surface area contributed by atoms with Gasteiger partial charge >= 0.3 is 0 Å². The fourth-order valence-electron chi connectivity index (χ4n) is 2.30. The summed E-state index contributed by atoms with van der Waals surface area (Å²) in [6.07, 6.45) is 2.55. The smallest absolute Gasteiger partial charge is 0.153 e. The summed E-state index contributed by atoms with van der Waals surface area (Å²) in [7, 11) is 0. The summed E-state index contributed by atoms with van der Waals surface area (Å²) in [5, 5.41) is 4.54. The van der Waals surface area contributed by atoms with Crippen molar-refractivity contribution in [3.8, 4) is 16.9 Å². The van der Waals surface area contributed by atoms with Gasteiger partial charge in [-0.3, -0.25) is 4.79 Å². The van der Waals surface area contributed by atoms with Crippen LogP contribution in [0.2, 0.25) is 0 Å². The van der Waals surface area contributed by atoms with E-state index in [2.05, 4.69) is 21.0 Å². The van der Waals surface area contributed by atoms with Gasteiger partial charge in [-0.25, -0.2) is 4.68 Å². The van der Waals surface area contributed by atoms with Crippen molar-refractivity contribution in [2.45, 2.75) is 13.8 Å². The molecule has 5 heteroatoms. The third-order valence-electron chi connectivity index (χ3n) is 3.24. The van der Waals surface area contributed by atoms with Crippen molar-refractivity contribution in [2.75, 3.05) is 0 Å². The van der Waals surface area contributed by atoms with Gasteiger partial charge in [0.25, 0.3) is 0 Å². The van der Waals surface area contributed by atoms with Gasteiger partial charge in [0.15, 0.2) is 6.29 Å². The largest absolute Gasteiger partial charge is 0.466 e. The summed E-state index contributed by atoms with van der Waals surface area (Å²) in [4.78, 5) is 11.3. The molecule has 0 radical (unpaired) electrons. The van der Waals surface area contributed by atoms with Crippen LogP contribution in [0.15, 0.2) is 45.4 Å². The van der Waals surface area contributed by atoms with Gasteiger partial charge in [-0.1, -0.05) is 22.0 Å². The molecule has 1 aromatic carbocycles. The van der Waals surface area contributed by atoms with Crippen molar-refractivity contribution in [3.05, 3.63) is 58.1 Å². The molecule has 0 atom stereocenters. The van der Waals surface area contributed by atoms with Crippen LogP contribution in [0.25, 0.3) is 16.9 Å². The Morgan fingerprint density at radius 2 is 2.10 bits per heavy atom. The highest BCUT2D eigenvalue weighted by atomic mass is 79.9. The topological polar surface area (TPSA) is 48.0 Å². The minimum absolute atomic E-state index is 0.541. The normalized spacial score (nSPS) is 10.8. The van der Waals surface area contributed by atoms with Gasteiger partial charge in [0.1, 0.15) is 17.2 Å². The van der Waals surface area contributed by atoms with Gasteiger partial charge in [-0.2, -0.15) is 5.10 Å². The first-order chi connectivity index (χ1) is 10.1. The van der Waals surface area contributed by atoms with E-state index in [1.807, 2.05) is 44.2 Å². The molecule has 2 heterocycles. The van der Waals surface area contributed by atoms with Crippen molar-refractivity contribution >= 4 is 22.2 Å². The zero-order valence-corrected chi connectivity index (χ0v) is 13.2. The van der Waals surface area contributed by atoms with Crippen LogP contribution in [0.1, 0.15) is 21.9 Å². The van der Waals surface area contributed by atoms with Crippen LogP contribution in [-0.4, -0.2) is 16.1 Å². The van der Waals surface area contributed by atoms with Gasteiger partial charge in [-0.05, 0) is 38.1 Å². The maximum Gasteiger partial charge on any atom is 0.153 e. The molecule has 0 aliphatic carbocycles. The van der Waals surface area contributed by atoms with E-state index in [0.717, 1.165) is 33.5 Å². The van der Waals surface area contributed by atoms with Gasteiger partial charge in [-0.15, -0.1) is 0 Å². The van der Waals surface area contributed by atoms with E-state index < -0.39 is 0 Å². The molecular weight excluding hydrogens is 332 g/mol. The van der Waals surface area contributed by atoms with Gasteiger partial charge in [0.05, 0.1) is 11.3 Å². The molecule has 0 aliphatic rings. The Hall–Kier alpha value is -2.14. The molecule has 4 nitrogen and oxygen atoms in total. The number of aryl methyl sites for hydroxylation is 2. The van der Waals surface area contributed by atoms with Crippen LogP contribution in [0.3, 0.4) is 0 Å². The van der Waals surface area contributed by atoms with Crippen LogP contribution < -0.4 is 0 Å². The standard InChI is InChI=1S/C16H13BrN2O2/c1-10-6-15(11(2)21-10)16-12(9-20)8-19(18-16)14-5-3-4-13(17)7-14/h3-9H,1-2H3. The second kappa shape index (κ2) is 5.33. The van der Waals surface area contributed by atoms with E-state index >= 15 is 0 Å². The Kier molecular flexibility index (Phi) is 3.51. The van der Waals surface area contributed by atoms with Gasteiger partial charge in [0.2, 0.25) is 0 Å². The average Bonchev–Trinajstić information content (AvgIpc) is 3.01. The lowest BCUT2D eigenvalue weighted by Crippen LogP contribution is -1.94. The molecule has 0 bridgehead atoms. The molecule has 0 saturated carbocycles. The quantitative estimate of drug-likeness (QED) is 0.664. The van der Waals surface area contributed by atoms with Crippen LogP contribution in [-0.2, 0) is 0 Å². The lowest BCUT2D eigenvalue weighted by Gasteiger charge is -2.01. The van der Waals surface area contributed by atoms with E-state index in [1.54, 1.807) is 10.9 Å². The third kappa shape index (κ3) is 2.56. The summed E-state index contributed by atoms with van der Waals surface area (Å²) in [5.41, 5.74) is 2.91. The third-order valence-corrected chi connectivity index (χ3v) is 3.73. The van der Waals surface area contributed by atoms with Crippen LogP contribution in [0.4, 0.5) is 0 Å².